The van der Waals surface area contributed by atoms with E-state index in [1.165, 1.54) is 6.20 Å². The molecule has 0 bridgehead atoms. The number of hydrogen-bond donors (Lipinski definition) is 3. The number of rotatable bonds is 3. The molecule has 0 amide bonds. The lowest BCUT2D eigenvalue weighted by Crippen LogP contribution is -2.42. The average Bonchev–Trinajstić information content (AvgIpc) is 2.66. The number of hydrogen-bond acceptors (Lipinski definition) is 7. The molecular weight excluding hydrogens is 244 g/mol. The number of nitrogens with zero attached hydrogens (tertiary/aromatic N) is 2. The largest absolute Gasteiger partial charge is 0.394 e. The standard InChI is InChI=1S/C9H12N4O5/c10-6-7(12-17)4(3-14)18-8(6)13-2-1-5(15)11-9(13)16/h1-2,4,6-8,14H,3,10H2,(H,11,15,16)/t4-,6?,7?,8-/m1/s1. The molecule has 4 N–H and O–H groups in total. The summed E-state index contributed by atoms with van der Waals surface area (Å²) >= 11 is 0. The van der Waals surface area contributed by atoms with E-state index >= 15 is 0 Å². The predicted octanol–water partition coefficient (Wildman–Crippen LogP) is -2.11. The quantitative estimate of drug-likeness (QED) is 0.528. The molecule has 0 spiro atoms. The number of aromatic amines is 1. The number of aromatic nitrogens is 2. The Hall–Kier alpha value is -1.84. The summed E-state index contributed by atoms with van der Waals surface area (Å²) in [6, 6.07) is -0.685. The molecule has 1 saturated heterocycles. The van der Waals surface area contributed by atoms with Gasteiger partial charge in [0.1, 0.15) is 12.1 Å². The van der Waals surface area contributed by atoms with E-state index in [0.29, 0.717) is 0 Å². The van der Waals surface area contributed by atoms with Crippen molar-refractivity contribution < 1.29 is 9.84 Å². The lowest BCUT2D eigenvalue weighted by Gasteiger charge is -2.17. The Kier molecular flexibility index (Phi) is 3.36. The highest BCUT2D eigenvalue weighted by atomic mass is 16.5. The molecule has 2 rings (SSSR count). The maximum Gasteiger partial charge on any atom is 0.330 e. The Morgan fingerprint density at radius 1 is 1.56 bits per heavy atom. The van der Waals surface area contributed by atoms with Crippen LogP contribution in [0.5, 0.6) is 0 Å². The molecule has 0 saturated carbocycles. The third-order valence-electron chi connectivity index (χ3n) is 2.85. The third-order valence-corrected chi connectivity index (χ3v) is 2.85. The zero-order chi connectivity index (χ0) is 13.3. The summed E-state index contributed by atoms with van der Waals surface area (Å²) in [7, 11) is 0. The van der Waals surface area contributed by atoms with Crippen molar-refractivity contribution in [2.24, 2.45) is 10.9 Å². The second-order valence-electron chi connectivity index (χ2n) is 3.94. The van der Waals surface area contributed by atoms with Gasteiger partial charge in [-0.1, -0.05) is 5.18 Å². The predicted molar refractivity (Wildman–Crippen MR) is 59.9 cm³/mol. The fourth-order valence-electron chi connectivity index (χ4n) is 1.93. The lowest BCUT2D eigenvalue weighted by molar-refractivity contribution is -0.0299. The third kappa shape index (κ3) is 1.98. The Bertz CT molecular complexity index is 552. The topological polar surface area (TPSA) is 140 Å². The van der Waals surface area contributed by atoms with Crippen LogP contribution in [0.4, 0.5) is 0 Å². The fraction of sp³-hybridized carbons (Fsp3) is 0.556. The summed E-state index contributed by atoms with van der Waals surface area (Å²) in [4.78, 5) is 35.2. The van der Waals surface area contributed by atoms with Crippen molar-refractivity contribution in [1.29, 1.82) is 0 Å². The first-order chi connectivity index (χ1) is 8.58. The van der Waals surface area contributed by atoms with E-state index in [1.807, 2.05) is 4.98 Å². The van der Waals surface area contributed by atoms with Crippen LogP contribution in [0.25, 0.3) is 0 Å². The summed E-state index contributed by atoms with van der Waals surface area (Å²) in [5.41, 5.74) is 4.51. The van der Waals surface area contributed by atoms with Crippen LogP contribution >= 0.6 is 0 Å². The number of nitrogens with one attached hydrogen (secondary N) is 1. The minimum Gasteiger partial charge on any atom is -0.394 e. The van der Waals surface area contributed by atoms with Crippen molar-refractivity contribution in [3.63, 3.8) is 0 Å². The van der Waals surface area contributed by atoms with Crippen molar-refractivity contribution >= 4 is 0 Å². The van der Waals surface area contributed by atoms with Crippen LogP contribution in [-0.4, -0.2) is 39.5 Å². The molecule has 9 heteroatoms. The summed E-state index contributed by atoms with van der Waals surface area (Å²) in [6.45, 7) is -0.432. The maximum atomic E-state index is 11.6. The normalized spacial score (nSPS) is 31.4. The minimum absolute atomic E-state index is 0.432. The molecule has 0 radical (unpaired) electrons. The van der Waals surface area contributed by atoms with Crippen LogP contribution in [-0.2, 0) is 4.74 Å². The Morgan fingerprint density at radius 3 is 2.78 bits per heavy atom. The monoisotopic (exact) mass is 256 g/mol. The Balaban J connectivity index is 2.37. The second-order valence-corrected chi connectivity index (χ2v) is 3.94. The number of aliphatic hydroxyl groups is 1. The Labute approximate surface area is 100 Å². The first-order valence-electron chi connectivity index (χ1n) is 5.24. The van der Waals surface area contributed by atoms with Crippen molar-refractivity contribution in [3.05, 3.63) is 38.0 Å². The highest BCUT2D eigenvalue weighted by molar-refractivity contribution is 4.98. The maximum absolute atomic E-state index is 11.6. The summed E-state index contributed by atoms with van der Waals surface area (Å²) < 4.78 is 6.36. The average molecular weight is 256 g/mol. The van der Waals surface area contributed by atoms with Gasteiger partial charge < -0.3 is 15.6 Å². The molecule has 2 unspecified atom stereocenters. The zero-order valence-electron chi connectivity index (χ0n) is 9.22. The Morgan fingerprint density at radius 2 is 2.28 bits per heavy atom. The van der Waals surface area contributed by atoms with Crippen LogP contribution in [0.3, 0.4) is 0 Å². The van der Waals surface area contributed by atoms with E-state index in [9.17, 15) is 14.5 Å². The molecule has 1 aliphatic rings. The summed E-state index contributed by atoms with van der Waals surface area (Å²) in [6.07, 6.45) is -0.594. The summed E-state index contributed by atoms with van der Waals surface area (Å²) in [5.74, 6) is 0. The van der Waals surface area contributed by atoms with Crippen molar-refractivity contribution in [3.8, 4) is 0 Å². The van der Waals surface area contributed by atoms with Gasteiger partial charge in [-0.05, 0) is 0 Å². The van der Waals surface area contributed by atoms with E-state index in [4.69, 9.17) is 15.6 Å². The first-order valence-corrected chi connectivity index (χ1v) is 5.24. The van der Waals surface area contributed by atoms with Crippen LogP contribution in [0, 0.1) is 4.91 Å². The number of nitroso groups, excluding NO2 is 1. The number of H-pyrrole nitrogens is 1. The molecule has 4 atom stereocenters. The molecule has 2 heterocycles. The van der Waals surface area contributed by atoms with Gasteiger partial charge in [0.25, 0.3) is 5.56 Å². The molecule has 1 fully saturated rings. The molecule has 18 heavy (non-hydrogen) atoms. The molecule has 1 aliphatic heterocycles. The zero-order valence-corrected chi connectivity index (χ0v) is 9.22. The fourth-order valence-corrected chi connectivity index (χ4v) is 1.93. The van der Waals surface area contributed by atoms with E-state index in [2.05, 4.69) is 5.18 Å². The van der Waals surface area contributed by atoms with Gasteiger partial charge >= 0.3 is 5.69 Å². The highest BCUT2D eigenvalue weighted by Crippen LogP contribution is 2.28. The second kappa shape index (κ2) is 4.80. The van der Waals surface area contributed by atoms with E-state index < -0.39 is 42.3 Å². The van der Waals surface area contributed by atoms with Gasteiger partial charge in [-0.2, -0.15) is 4.91 Å². The van der Waals surface area contributed by atoms with Gasteiger partial charge in [0.05, 0.1) is 12.6 Å². The van der Waals surface area contributed by atoms with Crippen LogP contribution < -0.4 is 17.0 Å². The molecule has 0 aliphatic carbocycles. The van der Waals surface area contributed by atoms with Crippen LogP contribution in [0.15, 0.2) is 27.0 Å². The minimum atomic E-state index is -0.950. The van der Waals surface area contributed by atoms with E-state index in [0.717, 1.165) is 10.6 Å². The number of aliphatic hydroxyl groups excluding tert-OH is 1. The molecule has 0 aromatic carbocycles. The molecule has 1 aromatic heterocycles. The van der Waals surface area contributed by atoms with Gasteiger partial charge in [-0.25, -0.2) is 4.79 Å². The van der Waals surface area contributed by atoms with Crippen LogP contribution in [0.1, 0.15) is 6.23 Å². The van der Waals surface area contributed by atoms with Gasteiger partial charge in [-0.3, -0.25) is 14.3 Å². The highest BCUT2D eigenvalue weighted by Gasteiger charge is 2.44. The van der Waals surface area contributed by atoms with Gasteiger partial charge in [-0.15, -0.1) is 0 Å². The van der Waals surface area contributed by atoms with E-state index in [-0.39, 0.29) is 0 Å². The SMILES string of the molecule is NC1C(N=O)[C@@H](CO)O[C@H]1n1ccc(=O)[nH]c1=O. The molecule has 98 valence electrons. The first kappa shape index (κ1) is 12.6. The lowest BCUT2D eigenvalue weighted by atomic mass is 10.1. The van der Waals surface area contributed by atoms with Crippen molar-refractivity contribution in [2.45, 2.75) is 24.4 Å². The van der Waals surface area contributed by atoms with Crippen molar-refractivity contribution in [1.82, 2.24) is 9.55 Å². The summed E-state index contributed by atoms with van der Waals surface area (Å²) in [5, 5.41) is 11.8. The van der Waals surface area contributed by atoms with Crippen LogP contribution in [0.2, 0.25) is 0 Å². The smallest absolute Gasteiger partial charge is 0.330 e. The number of ether oxygens (including phenoxy) is 1. The van der Waals surface area contributed by atoms with Gasteiger partial charge in [0, 0.05) is 12.3 Å². The molecule has 9 nitrogen and oxygen atoms in total. The van der Waals surface area contributed by atoms with E-state index in [1.54, 1.807) is 0 Å². The van der Waals surface area contributed by atoms with Crippen molar-refractivity contribution in [2.75, 3.05) is 6.61 Å². The molecule has 1 aromatic rings. The van der Waals surface area contributed by atoms with Gasteiger partial charge in [0.15, 0.2) is 6.23 Å². The van der Waals surface area contributed by atoms with Gasteiger partial charge in [0.2, 0.25) is 0 Å². The number of nitrogens with two attached hydrogens (primary N) is 1. The molecular formula is C9H12N4O5.